The SMILES string of the molecule is O=C(c1ccc(Cl)cc1)c1ccc(OCC(=O)N2CCNC2=O)cc1. The number of hydrogen-bond acceptors (Lipinski definition) is 4. The minimum absolute atomic E-state index is 0.131. The molecule has 1 aliphatic rings. The van der Waals surface area contributed by atoms with Gasteiger partial charge in [-0.3, -0.25) is 14.5 Å². The Hall–Kier alpha value is -2.86. The molecular weight excluding hydrogens is 344 g/mol. The number of halogens is 1. The number of nitrogens with zero attached hydrogens (tertiary/aromatic N) is 1. The van der Waals surface area contributed by atoms with Crippen molar-refractivity contribution in [3.8, 4) is 5.75 Å². The first kappa shape index (κ1) is 17.0. The van der Waals surface area contributed by atoms with Gasteiger partial charge in [-0.05, 0) is 48.5 Å². The fourth-order valence-corrected chi connectivity index (χ4v) is 2.53. The highest BCUT2D eigenvalue weighted by molar-refractivity contribution is 6.30. The molecule has 1 aliphatic heterocycles. The van der Waals surface area contributed by atoms with Crippen LogP contribution < -0.4 is 10.1 Å². The number of imide groups is 1. The average Bonchev–Trinajstić information content (AvgIpc) is 3.06. The summed E-state index contributed by atoms with van der Waals surface area (Å²) in [5.41, 5.74) is 1.04. The van der Waals surface area contributed by atoms with Crippen molar-refractivity contribution < 1.29 is 19.1 Å². The summed E-state index contributed by atoms with van der Waals surface area (Å²) in [4.78, 5) is 36.8. The first-order valence-electron chi connectivity index (χ1n) is 7.66. The molecular formula is C18H15ClN2O4. The number of nitrogens with one attached hydrogen (secondary N) is 1. The molecule has 1 heterocycles. The molecule has 0 unspecified atom stereocenters. The lowest BCUT2D eigenvalue weighted by molar-refractivity contribution is -0.129. The van der Waals surface area contributed by atoms with Crippen LogP contribution in [0.1, 0.15) is 15.9 Å². The standard InChI is InChI=1S/C18H15ClN2O4/c19-14-5-1-12(2-6-14)17(23)13-3-7-15(8-4-13)25-11-16(22)21-10-9-20-18(21)24/h1-8H,9-11H2,(H,20,24). The summed E-state index contributed by atoms with van der Waals surface area (Å²) in [5.74, 6) is -0.0926. The molecule has 0 bridgehead atoms. The van der Waals surface area contributed by atoms with Crippen LogP contribution in [0, 0.1) is 0 Å². The molecule has 0 saturated carbocycles. The smallest absolute Gasteiger partial charge is 0.324 e. The normalized spacial score (nSPS) is 13.5. The number of amides is 3. The van der Waals surface area contributed by atoms with E-state index in [2.05, 4.69) is 5.32 Å². The zero-order valence-corrected chi connectivity index (χ0v) is 14.0. The molecule has 1 saturated heterocycles. The van der Waals surface area contributed by atoms with E-state index in [9.17, 15) is 14.4 Å². The van der Waals surface area contributed by atoms with Gasteiger partial charge in [-0.25, -0.2) is 4.79 Å². The fourth-order valence-electron chi connectivity index (χ4n) is 2.40. The van der Waals surface area contributed by atoms with Gasteiger partial charge in [0, 0.05) is 29.2 Å². The summed E-state index contributed by atoms with van der Waals surface area (Å²) in [7, 11) is 0. The summed E-state index contributed by atoms with van der Waals surface area (Å²) in [5, 5.41) is 3.12. The molecule has 2 aromatic carbocycles. The molecule has 3 amide bonds. The van der Waals surface area contributed by atoms with E-state index < -0.39 is 11.9 Å². The molecule has 0 radical (unpaired) electrons. The number of benzene rings is 2. The van der Waals surface area contributed by atoms with E-state index in [1.165, 1.54) is 0 Å². The van der Waals surface area contributed by atoms with Crippen LogP contribution in [-0.4, -0.2) is 42.3 Å². The highest BCUT2D eigenvalue weighted by atomic mass is 35.5. The first-order chi connectivity index (χ1) is 12.0. The van der Waals surface area contributed by atoms with E-state index in [1.54, 1.807) is 48.5 Å². The maximum Gasteiger partial charge on any atom is 0.324 e. The molecule has 1 fully saturated rings. The second-order valence-electron chi connectivity index (χ2n) is 5.43. The van der Waals surface area contributed by atoms with Gasteiger partial charge in [-0.1, -0.05) is 11.6 Å². The molecule has 6 nitrogen and oxygen atoms in total. The fraction of sp³-hybridized carbons (Fsp3) is 0.167. The summed E-state index contributed by atoms with van der Waals surface area (Å²) in [6.07, 6.45) is 0. The monoisotopic (exact) mass is 358 g/mol. The molecule has 2 aromatic rings. The molecule has 128 valence electrons. The molecule has 7 heteroatoms. The highest BCUT2D eigenvalue weighted by Crippen LogP contribution is 2.17. The van der Waals surface area contributed by atoms with Crippen LogP contribution in [0.15, 0.2) is 48.5 Å². The van der Waals surface area contributed by atoms with Crippen LogP contribution in [-0.2, 0) is 4.79 Å². The van der Waals surface area contributed by atoms with Crippen LogP contribution in [0.3, 0.4) is 0 Å². The summed E-state index contributed by atoms with van der Waals surface area (Å²) >= 11 is 5.82. The van der Waals surface area contributed by atoms with Crippen LogP contribution in [0.4, 0.5) is 4.79 Å². The predicted octanol–water partition coefficient (Wildman–Crippen LogP) is 2.50. The number of ether oxygens (including phenoxy) is 1. The summed E-state index contributed by atoms with van der Waals surface area (Å²) in [6.45, 7) is 0.555. The van der Waals surface area contributed by atoms with Crippen LogP contribution in [0.25, 0.3) is 0 Å². The highest BCUT2D eigenvalue weighted by Gasteiger charge is 2.26. The van der Waals surface area contributed by atoms with Gasteiger partial charge < -0.3 is 10.1 Å². The number of carbonyl (C=O) groups excluding carboxylic acids is 3. The minimum Gasteiger partial charge on any atom is -0.484 e. The van der Waals surface area contributed by atoms with E-state index in [0.717, 1.165) is 4.90 Å². The van der Waals surface area contributed by atoms with Gasteiger partial charge in [-0.15, -0.1) is 0 Å². The minimum atomic E-state index is -0.406. The maximum absolute atomic E-state index is 12.4. The van der Waals surface area contributed by atoms with Crippen molar-refractivity contribution in [2.45, 2.75) is 0 Å². The molecule has 0 aromatic heterocycles. The summed E-state index contributed by atoms with van der Waals surface area (Å²) in [6, 6.07) is 12.7. The van der Waals surface area contributed by atoms with Gasteiger partial charge in [0.25, 0.3) is 5.91 Å². The Labute approximate surface area is 149 Å². The number of ketones is 1. The number of urea groups is 1. The van der Waals surface area contributed by atoms with Crippen LogP contribution in [0.5, 0.6) is 5.75 Å². The van der Waals surface area contributed by atoms with E-state index in [1.807, 2.05) is 0 Å². The third kappa shape index (κ3) is 3.97. The van der Waals surface area contributed by atoms with Crippen molar-refractivity contribution in [3.05, 3.63) is 64.7 Å². The Morgan fingerprint density at radius 3 is 2.20 bits per heavy atom. The van der Waals surface area contributed by atoms with E-state index in [-0.39, 0.29) is 12.4 Å². The molecule has 0 aliphatic carbocycles. The van der Waals surface area contributed by atoms with Crippen molar-refractivity contribution in [3.63, 3.8) is 0 Å². The lowest BCUT2D eigenvalue weighted by atomic mass is 10.0. The molecule has 0 atom stereocenters. The van der Waals surface area contributed by atoms with Crippen molar-refractivity contribution in [1.29, 1.82) is 0 Å². The number of rotatable bonds is 5. The Kier molecular flexibility index (Phi) is 5.00. The Morgan fingerprint density at radius 2 is 1.64 bits per heavy atom. The Bertz CT molecular complexity index is 803. The second-order valence-corrected chi connectivity index (χ2v) is 5.86. The van der Waals surface area contributed by atoms with Gasteiger partial charge in [0.2, 0.25) is 0 Å². The average molecular weight is 359 g/mol. The van der Waals surface area contributed by atoms with E-state index in [4.69, 9.17) is 16.3 Å². The maximum atomic E-state index is 12.4. The molecule has 3 rings (SSSR count). The zero-order valence-electron chi connectivity index (χ0n) is 13.2. The number of carbonyl (C=O) groups is 3. The third-order valence-corrected chi connectivity index (χ3v) is 4.00. The Morgan fingerprint density at radius 1 is 1.04 bits per heavy atom. The summed E-state index contributed by atoms with van der Waals surface area (Å²) < 4.78 is 5.38. The largest absolute Gasteiger partial charge is 0.484 e. The lowest BCUT2D eigenvalue weighted by Crippen LogP contribution is -2.37. The van der Waals surface area contributed by atoms with E-state index >= 15 is 0 Å². The van der Waals surface area contributed by atoms with Crippen LogP contribution in [0.2, 0.25) is 5.02 Å². The predicted molar refractivity (Wildman–Crippen MR) is 91.9 cm³/mol. The zero-order chi connectivity index (χ0) is 17.8. The Balaban J connectivity index is 1.60. The van der Waals surface area contributed by atoms with Gasteiger partial charge in [0.15, 0.2) is 12.4 Å². The van der Waals surface area contributed by atoms with Gasteiger partial charge >= 0.3 is 6.03 Å². The first-order valence-corrected chi connectivity index (χ1v) is 8.04. The van der Waals surface area contributed by atoms with Crippen LogP contribution >= 0.6 is 11.6 Å². The quantitative estimate of drug-likeness (QED) is 0.833. The molecule has 1 N–H and O–H groups in total. The van der Waals surface area contributed by atoms with Crippen molar-refractivity contribution in [2.75, 3.05) is 19.7 Å². The van der Waals surface area contributed by atoms with Gasteiger partial charge in [-0.2, -0.15) is 0 Å². The lowest BCUT2D eigenvalue weighted by Gasteiger charge is -2.13. The number of hydrogen-bond donors (Lipinski definition) is 1. The van der Waals surface area contributed by atoms with Gasteiger partial charge in [0.05, 0.1) is 0 Å². The third-order valence-electron chi connectivity index (χ3n) is 3.74. The molecule has 25 heavy (non-hydrogen) atoms. The molecule has 0 spiro atoms. The van der Waals surface area contributed by atoms with Crippen molar-refractivity contribution >= 4 is 29.3 Å². The van der Waals surface area contributed by atoms with Crippen molar-refractivity contribution in [2.24, 2.45) is 0 Å². The van der Waals surface area contributed by atoms with E-state index in [0.29, 0.717) is 35.0 Å². The van der Waals surface area contributed by atoms with Crippen molar-refractivity contribution in [1.82, 2.24) is 10.2 Å². The topological polar surface area (TPSA) is 75.7 Å². The second kappa shape index (κ2) is 7.36. The van der Waals surface area contributed by atoms with Gasteiger partial charge in [0.1, 0.15) is 5.75 Å².